The minimum atomic E-state index is -1.33. The van der Waals surface area contributed by atoms with Crippen LogP contribution in [0, 0.1) is 0 Å². The highest BCUT2D eigenvalue weighted by Crippen LogP contribution is 2.13. The molecule has 0 aromatic heterocycles. The lowest BCUT2D eigenvalue weighted by Crippen LogP contribution is -2.35. The van der Waals surface area contributed by atoms with Crippen LogP contribution in [0.25, 0.3) is 0 Å². The molecular weight excluding hydrogens is 274 g/mol. The molecular formula is C15H23NO3S. The van der Waals surface area contributed by atoms with Gasteiger partial charge in [0.05, 0.1) is 24.7 Å². The first kappa shape index (κ1) is 15.6. The van der Waals surface area contributed by atoms with Crippen LogP contribution in [0.2, 0.25) is 0 Å². The molecule has 1 aliphatic rings. The predicted molar refractivity (Wildman–Crippen MR) is 79.8 cm³/mol. The first-order valence-corrected chi connectivity index (χ1v) is 8.31. The van der Waals surface area contributed by atoms with Crippen LogP contribution in [0.1, 0.15) is 25.3 Å². The summed E-state index contributed by atoms with van der Waals surface area (Å²) in [6.07, 6.45) is 2.00. The lowest BCUT2D eigenvalue weighted by molar-refractivity contribution is 0.0342. The SMILES string of the molecule is CCCCOS(=O)c1ccc(CN2CCOCC2)cc1. The van der Waals surface area contributed by atoms with Crippen molar-refractivity contribution in [1.29, 1.82) is 0 Å². The molecule has 1 aromatic carbocycles. The maximum Gasteiger partial charge on any atom is 0.189 e. The highest BCUT2D eigenvalue weighted by molar-refractivity contribution is 7.80. The van der Waals surface area contributed by atoms with E-state index in [2.05, 4.69) is 11.8 Å². The Bertz CT molecular complexity index is 416. The highest BCUT2D eigenvalue weighted by Gasteiger charge is 2.11. The van der Waals surface area contributed by atoms with Crippen molar-refractivity contribution in [2.75, 3.05) is 32.9 Å². The fourth-order valence-electron chi connectivity index (χ4n) is 2.07. The van der Waals surface area contributed by atoms with Gasteiger partial charge in [0.25, 0.3) is 0 Å². The molecule has 0 amide bonds. The van der Waals surface area contributed by atoms with Gasteiger partial charge in [-0.3, -0.25) is 9.08 Å². The van der Waals surface area contributed by atoms with Gasteiger partial charge >= 0.3 is 0 Å². The summed E-state index contributed by atoms with van der Waals surface area (Å²) in [7, 11) is 0. The Balaban J connectivity index is 1.83. The van der Waals surface area contributed by atoms with E-state index in [1.807, 2.05) is 24.3 Å². The van der Waals surface area contributed by atoms with Crippen molar-refractivity contribution in [3.8, 4) is 0 Å². The third-order valence-electron chi connectivity index (χ3n) is 3.31. The van der Waals surface area contributed by atoms with E-state index in [4.69, 9.17) is 8.92 Å². The number of unbranched alkanes of at least 4 members (excludes halogenated alkanes) is 1. The smallest absolute Gasteiger partial charge is 0.189 e. The molecule has 1 atom stereocenters. The quantitative estimate of drug-likeness (QED) is 0.724. The fourth-order valence-corrected chi connectivity index (χ4v) is 2.83. The van der Waals surface area contributed by atoms with E-state index in [1.165, 1.54) is 5.56 Å². The molecule has 112 valence electrons. The number of ether oxygens (including phenoxy) is 1. The summed E-state index contributed by atoms with van der Waals surface area (Å²) in [5, 5.41) is 0. The molecule has 0 bridgehead atoms. The van der Waals surface area contributed by atoms with Gasteiger partial charge in [-0.15, -0.1) is 0 Å². The van der Waals surface area contributed by atoms with Gasteiger partial charge in [0.15, 0.2) is 11.1 Å². The molecule has 0 radical (unpaired) electrons. The van der Waals surface area contributed by atoms with E-state index in [9.17, 15) is 4.21 Å². The van der Waals surface area contributed by atoms with Crippen LogP contribution in [0.15, 0.2) is 29.2 Å². The molecule has 1 heterocycles. The summed E-state index contributed by atoms with van der Waals surface area (Å²) in [6, 6.07) is 7.87. The number of rotatable bonds is 7. The van der Waals surface area contributed by atoms with E-state index in [1.54, 1.807) is 0 Å². The molecule has 4 nitrogen and oxygen atoms in total. The molecule has 0 N–H and O–H groups in total. The maximum atomic E-state index is 11.9. The van der Waals surface area contributed by atoms with Crippen LogP contribution in [0.5, 0.6) is 0 Å². The second-order valence-corrected chi connectivity index (χ2v) is 6.12. The van der Waals surface area contributed by atoms with E-state index in [0.717, 1.165) is 50.6 Å². The Kier molecular flexibility index (Phi) is 6.66. The molecule has 20 heavy (non-hydrogen) atoms. The van der Waals surface area contributed by atoms with Crippen molar-refractivity contribution in [1.82, 2.24) is 4.90 Å². The Morgan fingerprint density at radius 2 is 1.95 bits per heavy atom. The molecule has 1 unspecified atom stereocenters. The molecule has 1 aliphatic heterocycles. The largest absolute Gasteiger partial charge is 0.379 e. The molecule has 1 fully saturated rings. The fraction of sp³-hybridized carbons (Fsp3) is 0.600. The Morgan fingerprint density at radius 1 is 1.25 bits per heavy atom. The highest BCUT2D eigenvalue weighted by atomic mass is 32.2. The zero-order valence-electron chi connectivity index (χ0n) is 12.0. The summed E-state index contributed by atoms with van der Waals surface area (Å²) >= 11 is -1.33. The van der Waals surface area contributed by atoms with Gasteiger partial charge in [0, 0.05) is 19.6 Å². The average Bonchev–Trinajstić information content (AvgIpc) is 2.49. The van der Waals surface area contributed by atoms with Gasteiger partial charge in [-0.2, -0.15) is 0 Å². The van der Waals surface area contributed by atoms with E-state index >= 15 is 0 Å². The minimum absolute atomic E-state index is 0.554. The third-order valence-corrected chi connectivity index (χ3v) is 4.35. The number of hydrogen-bond donors (Lipinski definition) is 0. The zero-order chi connectivity index (χ0) is 14.2. The molecule has 1 saturated heterocycles. The zero-order valence-corrected chi connectivity index (χ0v) is 12.9. The standard InChI is InChI=1S/C15H23NO3S/c1-2-3-10-19-20(17)15-6-4-14(5-7-15)13-16-8-11-18-12-9-16/h4-7H,2-3,8-13H2,1H3. The van der Waals surface area contributed by atoms with Crippen LogP contribution in [-0.4, -0.2) is 42.0 Å². The van der Waals surface area contributed by atoms with Gasteiger partial charge in [0.1, 0.15) is 0 Å². The van der Waals surface area contributed by atoms with Gasteiger partial charge in [-0.1, -0.05) is 25.5 Å². The number of morpholine rings is 1. The summed E-state index contributed by atoms with van der Waals surface area (Å²) < 4.78 is 22.5. The number of hydrogen-bond acceptors (Lipinski definition) is 4. The molecule has 0 spiro atoms. The maximum absolute atomic E-state index is 11.9. The van der Waals surface area contributed by atoms with E-state index in [0.29, 0.717) is 6.61 Å². The lowest BCUT2D eigenvalue weighted by Gasteiger charge is -2.26. The van der Waals surface area contributed by atoms with Crippen molar-refractivity contribution in [2.24, 2.45) is 0 Å². The van der Waals surface area contributed by atoms with Gasteiger partial charge in [-0.05, 0) is 24.1 Å². The average molecular weight is 297 g/mol. The summed E-state index contributed by atoms with van der Waals surface area (Å²) in [6.45, 7) is 7.15. The molecule has 2 rings (SSSR count). The summed E-state index contributed by atoms with van der Waals surface area (Å²) in [5.41, 5.74) is 1.24. The monoisotopic (exact) mass is 297 g/mol. The van der Waals surface area contributed by atoms with Crippen molar-refractivity contribution in [2.45, 2.75) is 31.2 Å². The molecule has 0 saturated carbocycles. The first-order valence-electron chi connectivity index (χ1n) is 7.23. The van der Waals surface area contributed by atoms with Crippen molar-refractivity contribution in [3.63, 3.8) is 0 Å². The predicted octanol–water partition coefficient (Wildman–Crippen LogP) is 2.36. The van der Waals surface area contributed by atoms with Crippen molar-refractivity contribution >= 4 is 11.1 Å². The molecule has 1 aromatic rings. The lowest BCUT2D eigenvalue weighted by atomic mass is 10.2. The van der Waals surface area contributed by atoms with Crippen LogP contribution in [-0.2, 0) is 26.5 Å². The first-order chi connectivity index (χ1) is 9.79. The van der Waals surface area contributed by atoms with Crippen molar-refractivity contribution in [3.05, 3.63) is 29.8 Å². The second-order valence-electron chi connectivity index (χ2n) is 4.94. The number of nitrogens with zero attached hydrogens (tertiary/aromatic N) is 1. The Morgan fingerprint density at radius 3 is 2.60 bits per heavy atom. The van der Waals surface area contributed by atoms with Gasteiger partial charge in [-0.25, -0.2) is 4.21 Å². The van der Waals surface area contributed by atoms with Crippen LogP contribution in [0.3, 0.4) is 0 Å². The number of benzene rings is 1. The van der Waals surface area contributed by atoms with E-state index in [-0.39, 0.29) is 0 Å². The van der Waals surface area contributed by atoms with Gasteiger partial charge in [0.2, 0.25) is 0 Å². The normalized spacial score (nSPS) is 18.1. The summed E-state index contributed by atoms with van der Waals surface area (Å²) in [5.74, 6) is 0. The molecule has 0 aliphatic carbocycles. The topological polar surface area (TPSA) is 38.8 Å². The van der Waals surface area contributed by atoms with Crippen LogP contribution < -0.4 is 0 Å². The summed E-state index contributed by atoms with van der Waals surface area (Å²) in [4.78, 5) is 3.11. The molecule has 5 heteroatoms. The van der Waals surface area contributed by atoms with Gasteiger partial charge < -0.3 is 4.74 Å². The van der Waals surface area contributed by atoms with Crippen LogP contribution in [0.4, 0.5) is 0 Å². The third kappa shape index (κ3) is 4.98. The Hall–Kier alpha value is -0.750. The van der Waals surface area contributed by atoms with E-state index < -0.39 is 11.1 Å². The Labute approximate surface area is 123 Å². The van der Waals surface area contributed by atoms with Crippen LogP contribution >= 0.6 is 0 Å². The van der Waals surface area contributed by atoms with Crippen molar-refractivity contribution < 1.29 is 13.1 Å². The minimum Gasteiger partial charge on any atom is -0.379 e. The second kappa shape index (κ2) is 8.52.